The molecule has 2 saturated heterocycles. The molecule has 2 unspecified atom stereocenters. The lowest BCUT2D eigenvalue weighted by molar-refractivity contribution is -0.191. The Hall–Kier alpha value is -9.03. The highest BCUT2D eigenvalue weighted by atomic mass is 19.1. The number of carbonyl (C=O) groups excluding carboxylic acids is 13. The van der Waals surface area contributed by atoms with Gasteiger partial charge in [0.1, 0.15) is 40.4 Å². The molecule has 10 fully saturated rings. The average molecular weight is 1660 g/mol. The molecule has 18 atom stereocenters. The highest BCUT2D eigenvalue weighted by Crippen LogP contribution is 2.69. The summed E-state index contributed by atoms with van der Waals surface area (Å²) in [5.74, 6) is -9.37. The Morgan fingerprint density at radius 2 is 1.02 bits per heavy atom. The van der Waals surface area contributed by atoms with Gasteiger partial charge in [0.25, 0.3) is 35.4 Å². The number of likely N-dealkylation sites (tertiary alicyclic amines) is 1. The van der Waals surface area contributed by atoms with Crippen molar-refractivity contribution >= 4 is 76.7 Å². The molecule has 0 aromatic heterocycles. The Bertz CT molecular complexity index is 4700. The van der Waals surface area contributed by atoms with Crippen LogP contribution in [0.15, 0.2) is 84.0 Å². The van der Waals surface area contributed by atoms with Crippen molar-refractivity contribution in [3.8, 4) is 11.5 Å². The standard InChI is InChI=1S/C43H52FN3O9.C28H37N3O7.C20H26FNO4/c1-24-20-28-29-13-12-25-21-26(48)14-15-40(25,2)43(29,44)33(49)22-30(28)42(24,55)39(54)45-18-7-5-3-4-6-8-19-56-32-11-9-10-27-34(32)37(52)47(36(27)51)31-23-41(16-17-41)38(53)46-35(31)50;1-27(2,3)38-26(36)31-23(33)19(17-28(13-14-28)25(31)35)30-22(32)18-11-10-12-20(21(18)24(30)34)37-16-9-7-5-4-6-8-15-29;1-10-7-13-14-4-3-11-8-12(23)5-6-18(11,2)20(14,21)16(24)9-15(13)19(10,26)17(22)25/h9-11,14-15,21,24,28-31,33,49,55H,3-8,12-13,16-20,22-23H2,1-2H3,(H,45,54)(H,46,50,53);10-12,19H,4-9,13-17,29H2,1-3H3;5-6,8,10,13-16,24,26H,3-4,7,9H2,1-2H3,(H2,22,25)/t24-,28-,29+,30+,31?,33+,40+,42-,43+;;10-,13-,14+,15+,16+,18+,19-,20+/m1.1/s1. The van der Waals surface area contributed by atoms with Crippen molar-refractivity contribution in [2.45, 2.75) is 268 Å². The van der Waals surface area contributed by atoms with E-state index in [2.05, 4.69) is 10.6 Å². The molecule has 2 spiro atoms. The van der Waals surface area contributed by atoms with Gasteiger partial charge in [0.15, 0.2) is 22.9 Å². The van der Waals surface area contributed by atoms with E-state index >= 15 is 8.78 Å². The lowest BCUT2D eigenvalue weighted by atomic mass is 9.48. The fourth-order valence-electron chi connectivity index (χ4n) is 22.9. The maximum atomic E-state index is 17.3. The van der Waals surface area contributed by atoms with Gasteiger partial charge in [-0.25, -0.2) is 13.6 Å². The Morgan fingerprint density at radius 3 is 1.49 bits per heavy atom. The van der Waals surface area contributed by atoms with E-state index in [9.17, 15) is 82.8 Å². The van der Waals surface area contributed by atoms with Gasteiger partial charge in [-0.05, 0) is 229 Å². The molecular weight excluding hydrogens is 1550 g/mol. The summed E-state index contributed by atoms with van der Waals surface area (Å²) in [6.07, 6.45) is 21.6. The zero-order chi connectivity index (χ0) is 86.5. The number of fused-ring (bicyclic) bond motifs is 12. The quantitative estimate of drug-likeness (QED) is 0.0379. The van der Waals surface area contributed by atoms with Crippen LogP contribution in [-0.2, 0) is 43.1 Å². The van der Waals surface area contributed by atoms with Gasteiger partial charge in [-0.1, -0.05) is 101 Å². The van der Waals surface area contributed by atoms with Gasteiger partial charge in [-0.3, -0.25) is 72.7 Å². The highest BCUT2D eigenvalue weighted by Gasteiger charge is 2.74. The van der Waals surface area contributed by atoms with E-state index in [1.165, 1.54) is 30.4 Å². The topological polar surface area (TPSA) is 416 Å². The SMILES string of the molecule is CC(C)(C)OC(=O)N1C(=O)C(N2C(=O)c3cccc(OCCCCCCCCN)c3C2=O)CC2(CC2)C1=O.C[C@@H]1C[C@H]2[C@H](C[C@H](O)[C@@]3(F)[C@H]2CCC2=CC(=O)C=C[C@@]23C)[C@@]1(O)C(=O)NCCCCCCCCOc1cccc2c1C(=O)N(C1CC3(CC3)C(=O)NC1=O)C2=O.C[C@@H]1C[C@H]2[C@H](C[C@H](O)[C@@]3(F)[C@H]2CCC2=CC(=O)C=C[C@@]23C)[C@@]1(O)C(N)=O. The van der Waals surface area contributed by atoms with Crippen molar-refractivity contribution in [1.82, 2.24) is 25.3 Å². The number of primary amides is 1. The van der Waals surface area contributed by atoms with Gasteiger partial charge in [0.05, 0.1) is 58.5 Å². The zero-order valence-electron chi connectivity index (χ0n) is 69.6. The third-order valence-corrected chi connectivity index (χ3v) is 29.9. The summed E-state index contributed by atoms with van der Waals surface area (Å²) < 4.78 is 51.1. The molecule has 2 aromatic carbocycles. The minimum absolute atomic E-state index is 0.00419. The van der Waals surface area contributed by atoms with Gasteiger partial charge in [-0.2, -0.15) is 4.90 Å². The van der Waals surface area contributed by atoms with Crippen molar-refractivity contribution < 1.29 is 106 Å². The predicted molar refractivity (Wildman–Crippen MR) is 429 cm³/mol. The minimum Gasteiger partial charge on any atom is -0.493 e. The number of piperidine rings is 2. The van der Waals surface area contributed by atoms with Crippen molar-refractivity contribution in [1.29, 1.82) is 0 Å². The van der Waals surface area contributed by atoms with Crippen molar-refractivity contribution in [2.75, 3.05) is 26.3 Å². The van der Waals surface area contributed by atoms with Gasteiger partial charge < -0.3 is 51.4 Å². The van der Waals surface area contributed by atoms with Gasteiger partial charge in [-0.15, -0.1) is 0 Å². The summed E-state index contributed by atoms with van der Waals surface area (Å²) in [6, 6.07) is 7.32. The molecule has 0 radical (unpaired) electrons. The number of hydrogen-bond acceptors (Lipinski definition) is 21. The molecule has 14 aliphatic rings. The van der Waals surface area contributed by atoms with Crippen LogP contribution in [-0.4, -0.2) is 191 Å². The number of aliphatic hydroxyl groups excluding tert-OH is 2. The molecule has 120 heavy (non-hydrogen) atoms. The number of nitrogens with one attached hydrogen (secondary N) is 2. The molecule has 27 nitrogen and oxygen atoms in total. The molecule has 648 valence electrons. The summed E-state index contributed by atoms with van der Waals surface area (Å²) in [5.41, 5.74) is 0.966. The smallest absolute Gasteiger partial charge is 0.424 e. The second-order valence-corrected chi connectivity index (χ2v) is 38.0. The number of alkyl halides is 2. The van der Waals surface area contributed by atoms with Crippen molar-refractivity contribution in [2.24, 2.45) is 80.5 Å². The van der Waals surface area contributed by atoms with E-state index in [0.717, 1.165) is 86.0 Å². The lowest BCUT2D eigenvalue weighted by Gasteiger charge is -2.59. The number of allylic oxidation sites excluding steroid dienone is 8. The van der Waals surface area contributed by atoms with Crippen LogP contribution in [0.5, 0.6) is 11.5 Å². The van der Waals surface area contributed by atoms with Gasteiger partial charge in [0.2, 0.25) is 23.6 Å². The van der Waals surface area contributed by atoms with E-state index in [-0.39, 0.29) is 88.9 Å². The highest BCUT2D eigenvalue weighted by molar-refractivity contribution is 6.26. The predicted octanol–water partition coefficient (Wildman–Crippen LogP) is 9.50. The number of nitrogens with two attached hydrogens (primary N) is 2. The summed E-state index contributed by atoms with van der Waals surface area (Å²) >= 11 is 0. The fraction of sp³-hybridized carbons (Fsp3) is 0.637. The van der Waals surface area contributed by atoms with E-state index in [1.807, 2.05) is 6.92 Å². The number of aliphatic hydroxyl groups is 4. The number of rotatable bonds is 23. The van der Waals surface area contributed by atoms with E-state index in [4.69, 9.17) is 25.7 Å². The Morgan fingerprint density at radius 1 is 0.583 bits per heavy atom. The van der Waals surface area contributed by atoms with Crippen LogP contribution in [0.3, 0.4) is 0 Å². The lowest BCUT2D eigenvalue weighted by Crippen LogP contribution is -2.66. The molecule has 2 aromatic rings. The molecule has 4 heterocycles. The summed E-state index contributed by atoms with van der Waals surface area (Å²) in [7, 11) is 0. The third kappa shape index (κ3) is 14.6. The van der Waals surface area contributed by atoms with E-state index in [1.54, 1.807) is 84.0 Å². The summed E-state index contributed by atoms with van der Waals surface area (Å²) in [6.45, 7) is 13.8. The number of amides is 11. The van der Waals surface area contributed by atoms with Crippen LogP contribution in [0.2, 0.25) is 0 Å². The Kier molecular flexibility index (Phi) is 23.8. The maximum Gasteiger partial charge on any atom is 0.424 e. The number of halogens is 2. The monoisotopic (exact) mass is 1660 g/mol. The van der Waals surface area contributed by atoms with Gasteiger partial charge in [0, 0.05) is 41.0 Å². The Balaban J connectivity index is 0.000000159. The second kappa shape index (κ2) is 32.7. The largest absolute Gasteiger partial charge is 0.493 e. The second-order valence-electron chi connectivity index (χ2n) is 38.0. The summed E-state index contributed by atoms with van der Waals surface area (Å²) in [5, 5.41) is 50.5. The van der Waals surface area contributed by atoms with Crippen LogP contribution in [0.4, 0.5) is 13.6 Å². The number of hydrogen-bond donors (Lipinski definition) is 8. The number of ether oxygens (including phenoxy) is 3. The van der Waals surface area contributed by atoms with E-state index < -0.39 is 163 Å². The molecule has 29 heteroatoms. The first-order valence-electron chi connectivity index (χ1n) is 43.3. The van der Waals surface area contributed by atoms with Crippen LogP contribution in [0.1, 0.15) is 257 Å². The fourth-order valence-corrected chi connectivity index (χ4v) is 22.9. The molecule has 16 rings (SSSR count). The first-order valence-corrected chi connectivity index (χ1v) is 43.3. The first kappa shape index (κ1) is 87.3. The first-order chi connectivity index (χ1) is 56.7. The minimum atomic E-state index is -2.00. The van der Waals surface area contributed by atoms with Crippen molar-refractivity contribution in [3.05, 3.63) is 106 Å². The number of unbranched alkanes of at least 4 members (excludes halogenated alkanes) is 10. The number of carbonyl (C=O) groups is 13. The molecule has 10 aliphatic carbocycles. The van der Waals surface area contributed by atoms with Crippen molar-refractivity contribution in [3.63, 3.8) is 0 Å². The van der Waals surface area contributed by atoms with Crippen LogP contribution in [0.25, 0.3) is 0 Å². The number of ketones is 2. The molecular formula is C91H115F2N7O20. The number of imide groups is 6. The molecule has 8 saturated carbocycles. The molecule has 10 N–H and O–H groups in total. The van der Waals surface area contributed by atoms with Crippen LogP contribution in [0, 0.1) is 69.0 Å². The third-order valence-electron chi connectivity index (χ3n) is 29.9. The number of benzene rings is 2. The Labute approximate surface area is 696 Å². The normalized spacial score (nSPS) is 34.8. The van der Waals surface area contributed by atoms with Crippen LogP contribution >= 0.6 is 0 Å². The van der Waals surface area contributed by atoms with E-state index in [0.29, 0.717) is 113 Å². The maximum absolute atomic E-state index is 17.3. The van der Waals surface area contributed by atoms with Gasteiger partial charge >= 0.3 is 6.09 Å². The number of nitrogens with zero attached hydrogens (tertiary/aromatic N) is 3. The molecule has 4 aliphatic heterocycles. The molecule has 0 bridgehead atoms. The zero-order valence-corrected chi connectivity index (χ0v) is 69.6. The summed E-state index contributed by atoms with van der Waals surface area (Å²) in [4.78, 5) is 170. The molecule has 11 amide bonds. The average Bonchev–Trinajstić information content (AvgIpc) is 0.958. The van der Waals surface area contributed by atoms with Crippen LogP contribution < -0.4 is 31.6 Å².